The van der Waals surface area contributed by atoms with Gasteiger partial charge in [-0.3, -0.25) is 0 Å². The molecule has 4 heterocycles. The molecule has 0 atom stereocenters. The zero-order chi connectivity index (χ0) is 18.2. The number of H-pyrrole nitrogens is 1. The zero-order valence-corrected chi connectivity index (χ0v) is 14.5. The fraction of sp³-hybridized carbons (Fsp3) is 0.312. The third kappa shape index (κ3) is 2.97. The van der Waals surface area contributed by atoms with E-state index in [1.165, 1.54) is 6.33 Å². The molecule has 132 valence electrons. The van der Waals surface area contributed by atoms with Crippen molar-refractivity contribution in [3.05, 3.63) is 30.9 Å². The van der Waals surface area contributed by atoms with E-state index in [9.17, 15) is 13.7 Å². The Bertz CT molecular complexity index is 1100. The van der Waals surface area contributed by atoms with E-state index in [0.717, 1.165) is 5.39 Å². The van der Waals surface area contributed by atoms with Crippen molar-refractivity contribution < 1.29 is 8.42 Å². The second kappa shape index (κ2) is 6.03. The lowest BCUT2D eigenvalue weighted by atomic mass is 9.94. The first kappa shape index (κ1) is 16.4. The molecule has 2 N–H and O–H groups in total. The first-order valence-corrected chi connectivity index (χ1v) is 9.84. The lowest BCUT2D eigenvalue weighted by molar-refractivity contribution is 0.503. The first-order chi connectivity index (χ1) is 12.5. The van der Waals surface area contributed by atoms with Crippen molar-refractivity contribution in [2.75, 3.05) is 16.8 Å². The van der Waals surface area contributed by atoms with E-state index in [-0.39, 0.29) is 24.3 Å². The monoisotopic (exact) mass is 369 g/mol. The van der Waals surface area contributed by atoms with Crippen LogP contribution in [0.1, 0.15) is 12.8 Å². The van der Waals surface area contributed by atoms with Crippen LogP contribution in [0.4, 0.5) is 5.82 Å². The number of aromatic nitrogens is 5. The number of nitriles is 1. The van der Waals surface area contributed by atoms with Crippen LogP contribution in [0.15, 0.2) is 30.9 Å². The smallest absolute Gasteiger partial charge is 0.180 e. The number of hydrogen-bond acceptors (Lipinski definition) is 8. The Morgan fingerprint density at radius 1 is 1.19 bits per heavy atom. The summed E-state index contributed by atoms with van der Waals surface area (Å²) in [6, 6.07) is 5.72. The Kier molecular flexibility index (Phi) is 3.81. The highest BCUT2D eigenvalue weighted by Crippen LogP contribution is 2.28. The molecule has 0 bridgehead atoms. The van der Waals surface area contributed by atoms with E-state index in [0.29, 0.717) is 23.0 Å². The summed E-state index contributed by atoms with van der Waals surface area (Å²) in [6.45, 7) is 0. The highest BCUT2D eigenvalue weighted by molar-refractivity contribution is 7.91. The Labute approximate surface area is 149 Å². The molecule has 10 heteroatoms. The highest BCUT2D eigenvalue weighted by atomic mass is 32.2. The predicted molar refractivity (Wildman–Crippen MR) is 94.8 cm³/mol. The van der Waals surface area contributed by atoms with E-state index in [1.54, 1.807) is 18.5 Å². The number of rotatable bonds is 3. The molecular formula is C16H15N7O2S. The van der Waals surface area contributed by atoms with Crippen molar-refractivity contribution in [1.29, 1.82) is 5.26 Å². The minimum atomic E-state index is -3.07. The van der Waals surface area contributed by atoms with Crippen LogP contribution in [0.5, 0.6) is 0 Å². The first-order valence-electron chi connectivity index (χ1n) is 8.02. The van der Waals surface area contributed by atoms with Crippen LogP contribution >= 0.6 is 0 Å². The second-order valence-electron chi connectivity index (χ2n) is 6.20. The van der Waals surface area contributed by atoms with Gasteiger partial charge in [-0.15, -0.1) is 0 Å². The molecule has 0 spiro atoms. The van der Waals surface area contributed by atoms with Crippen LogP contribution in [0.25, 0.3) is 22.6 Å². The maximum absolute atomic E-state index is 11.7. The van der Waals surface area contributed by atoms with E-state index in [2.05, 4.69) is 36.3 Å². The number of nitrogens with zero attached hydrogens (tertiary/aromatic N) is 5. The molecule has 0 saturated carbocycles. The summed E-state index contributed by atoms with van der Waals surface area (Å²) < 4.78 is 23.3. The Morgan fingerprint density at radius 3 is 2.77 bits per heavy atom. The minimum absolute atomic E-state index is 0.0125. The number of hydrogen-bond donors (Lipinski definition) is 2. The average molecular weight is 369 g/mol. The molecule has 1 saturated heterocycles. The van der Waals surface area contributed by atoms with Crippen LogP contribution in [-0.4, -0.2) is 50.4 Å². The molecule has 0 amide bonds. The van der Waals surface area contributed by atoms with E-state index < -0.39 is 15.4 Å². The highest BCUT2D eigenvalue weighted by Gasteiger charge is 2.37. The van der Waals surface area contributed by atoms with Gasteiger partial charge in [0.05, 0.1) is 17.6 Å². The SMILES string of the molecule is N#CC1(Nc2ccnc(-c3ncnc4[nH]ccc34)n2)CCS(=O)(=O)CC1. The van der Waals surface area contributed by atoms with Gasteiger partial charge < -0.3 is 10.3 Å². The standard InChI is InChI=1S/C16H15N7O2S/c17-9-16(3-7-26(24,25)8-4-16)23-12-2-6-19-15(22-12)13-11-1-5-18-14(11)21-10-20-13/h1-2,5-6,10H,3-4,7-8H2,(H,18,20,21)(H,19,22,23). The third-order valence-corrected chi connectivity index (χ3v) is 6.13. The van der Waals surface area contributed by atoms with Gasteiger partial charge in [0.2, 0.25) is 0 Å². The summed E-state index contributed by atoms with van der Waals surface area (Å²) in [5.41, 5.74) is 0.312. The predicted octanol–water partition coefficient (Wildman–Crippen LogP) is 1.30. The Hall–Kier alpha value is -3.06. The molecule has 26 heavy (non-hydrogen) atoms. The molecule has 1 fully saturated rings. The zero-order valence-electron chi connectivity index (χ0n) is 13.7. The normalized spacial score (nSPS) is 18.3. The van der Waals surface area contributed by atoms with Gasteiger partial charge in [-0.2, -0.15) is 5.26 Å². The summed E-state index contributed by atoms with van der Waals surface area (Å²) >= 11 is 0. The summed E-state index contributed by atoms with van der Waals surface area (Å²) in [4.78, 5) is 20.2. The van der Waals surface area contributed by atoms with Gasteiger partial charge >= 0.3 is 0 Å². The van der Waals surface area contributed by atoms with Crippen molar-refractivity contribution in [2.45, 2.75) is 18.4 Å². The van der Waals surface area contributed by atoms with Crippen molar-refractivity contribution >= 4 is 26.7 Å². The lowest BCUT2D eigenvalue weighted by Gasteiger charge is -2.31. The van der Waals surface area contributed by atoms with Crippen LogP contribution in [0.3, 0.4) is 0 Å². The molecule has 3 aromatic heterocycles. The molecular weight excluding hydrogens is 354 g/mol. The van der Waals surface area contributed by atoms with Gasteiger partial charge in [0.1, 0.15) is 29.0 Å². The number of nitrogens with one attached hydrogen (secondary N) is 2. The van der Waals surface area contributed by atoms with Gasteiger partial charge in [-0.1, -0.05) is 0 Å². The summed E-state index contributed by atoms with van der Waals surface area (Å²) in [7, 11) is -3.07. The molecule has 3 aromatic rings. The summed E-state index contributed by atoms with van der Waals surface area (Å²) in [6.07, 6.45) is 5.22. The van der Waals surface area contributed by atoms with Gasteiger partial charge in [0.15, 0.2) is 15.7 Å². The molecule has 0 unspecified atom stereocenters. The Balaban J connectivity index is 1.66. The van der Waals surface area contributed by atoms with E-state index >= 15 is 0 Å². The van der Waals surface area contributed by atoms with Gasteiger partial charge in [0, 0.05) is 17.8 Å². The molecule has 1 aliphatic rings. The number of aromatic amines is 1. The molecule has 4 rings (SSSR count). The van der Waals surface area contributed by atoms with Crippen LogP contribution in [0, 0.1) is 11.3 Å². The van der Waals surface area contributed by atoms with Gasteiger partial charge in [-0.25, -0.2) is 28.4 Å². The molecule has 0 aromatic carbocycles. The van der Waals surface area contributed by atoms with Gasteiger partial charge in [0.25, 0.3) is 0 Å². The summed E-state index contributed by atoms with van der Waals surface area (Å²) in [5.74, 6) is 0.833. The maximum atomic E-state index is 11.7. The maximum Gasteiger partial charge on any atom is 0.180 e. The van der Waals surface area contributed by atoms with Crippen LogP contribution < -0.4 is 5.32 Å². The minimum Gasteiger partial charge on any atom is -0.352 e. The average Bonchev–Trinajstić information content (AvgIpc) is 3.13. The van der Waals surface area contributed by atoms with Crippen LogP contribution in [0.2, 0.25) is 0 Å². The Morgan fingerprint density at radius 2 is 2.00 bits per heavy atom. The van der Waals surface area contributed by atoms with E-state index in [4.69, 9.17) is 0 Å². The lowest BCUT2D eigenvalue weighted by Crippen LogP contribution is -2.44. The number of sulfone groups is 1. The molecule has 0 aliphatic carbocycles. The molecule has 1 aliphatic heterocycles. The van der Waals surface area contributed by atoms with Crippen molar-refractivity contribution in [3.8, 4) is 17.6 Å². The molecule has 0 radical (unpaired) electrons. The quantitative estimate of drug-likeness (QED) is 0.704. The van der Waals surface area contributed by atoms with Crippen LogP contribution in [-0.2, 0) is 9.84 Å². The second-order valence-corrected chi connectivity index (χ2v) is 8.50. The topological polar surface area (TPSA) is 137 Å². The number of anilines is 1. The molecule has 9 nitrogen and oxygen atoms in total. The largest absolute Gasteiger partial charge is 0.352 e. The van der Waals surface area contributed by atoms with Gasteiger partial charge in [-0.05, 0) is 25.0 Å². The number of fused-ring (bicyclic) bond motifs is 1. The fourth-order valence-electron chi connectivity index (χ4n) is 2.99. The van der Waals surface area contributed by atoms with Crippen molar-refractivity contribution in [1.82, 2.24) is 24.9 Å². The third-order valence-electron chi connectivity index (χ3n) is 4.48. The van der Waals surface area contributed by atoms with Crippen molar-refractivity contribution in [2.24, 2.45) is 0 Å². The van der Waals surface area contributed by atoms with E-state index in [1.807, 2.05) is 6.07 Å². The van der Waals surface area contributed by atoms with Crippen molar-refractivity contribution in [3.63, 3.8) is 0 Å². The fourth-order valence-corrected chi connectivity index (χ4v) is 4.51. The summed E-state index contributed by atoms with van der Waals surface area (Å²) in [5, 5.41) is 13.5.